The summed E-state index contributed by atoms with van der Waals surface area (Å²) >= 11 is 1.40. The van der Waals surface area contributed by atoms with E-state index in [2.05, 4.69) is 4.98 Å². The van der Waals surface area contributed by atoms with E-state index in [1.54, 1.807) is 62.9 Å². The molecular formula is C19H16ClNO4S2. The number of hydrogen-bond donors (Lipinski definition) is 0. The summed E-state index contributed by atoms with van der Waals surface area (Å²) < 4.78 is 35.1. The highest BCUT2D eigenvalue weighted by atomic mass is 35.7. The van der Waals surface area contributed by atoms with Crippen molar-refractivity contribution >= 4 is 42.1 Å². The lowest BCUT2D eigenvalue weighted by molar-refractivity contribution is 0.414. The average Bonchev–Trinajstić information content (AvgIpc) is 3.20. The molecular weight excluding hydrogens is 406 g/mol. The highest BCUT2D eigenvalue weighted by Crippen LogP contribution is 2.37. The first kappa shape index (κ1) is 19.4. The fourth-order valence-corrected chi connectivity index (χ4v) is 4.30. The topological polar surface area (TPSA) is 65.5 Å². The Bertz CT molecular complexity index is 1060. The number of thiazole rings is 1. The summed E-state index contributed by atoms with van der Waals surface area (Å²) in [6.07, 6.45) is 3.19. The van der Waals surface area contributed by atoms with Gasteiger partial charge in [-0.2, -0.15) is 0 Å². The van der Waals surface area contributed by atoms with Crippen molar-refractivity contribution in [2.75, 3.05) is 14.2 Å². The molecule has 0 N–H and O–H groups in total. The zero-order chi connectivity index (χ0) is 19.4. The second kappa shape index (κ2) is 8.12. The molecule has 0 aliphatic heterocycles. The molecule has 3 aromatic rings. The number of ether oxygens (including phenoxy) is 2. The molecule has 5 nitrogen and oxygen atoms in total. The molecule has 0 amide bonds. The van der Waals surface area contributed by atoms with Crippen LogP contribution in [0.5, 0.6) is 11.5 Å². The molecule has 0 bridgehead atoms. The van der Waals surface area contributed by atoms with Crippen LogP contribution in [-0.4, -0.2) is 27.6 Å². The minimum Gasteiger partial charge on any atom is -0.497 e. The number of halogens is 1. The Morgan fingerprint density at radius 1 is 1.07 bits per heavy atom. The van der Waals surface area contributed by atoms with Crippen molar-refractivity contribution in [3.63, 3.8) is 0 Å². The molecule has 0 spiro atoms. The summed E-state index contributed by atoms with van der Waals surface area (Å²) in [6, 6.07) is 12.1. The van der Waals surface area contributed by atoms with Gasteiger partial charge in [0.15, 0.2) is 0 Å². The van der Waals surface area contributed by atoms with Crippen molar-refractivity contribution in [2.24, 2.45) is 0 Å². The number of benzene rings is 2. The quantitative estimate of drug-likeness (QED) is 0.418. The van der Waals surface area contributed by atoms with E-state index in [0.717, 1.165) is 0 Å². The van der Waals surface area contributed by atoms with Gasteiger partial charge in [-0.05, 0) is 42.0 Å². The fraction of sp³-hybridized carbons (Fsp3) is 0.105. The summed E-state index contributed by atoms with van der Waals surface area (Å²) in [5.74, 6) is 1.27. The normalized spacial score (nSPS) is 12.0. The van der Waals surface area contributed by atoms with Gasteiger partial charge in [0.1, 0.15) is 16.5 Å². The maximum Gasteiger partial charge on any atom is 0.261 e. The molecule has 0 saturated heterocycles. The third-order valence-electron chi connectivity index (χ3n) is 3.83. The van der Waals surface area contributed by atoms with Crippen molar-refractivity contribution in [2.45, 2.75) is 0 Å². The number of aromatic nitrogens is 1. The van der Waals surface area contributed by atoms with E-state index in [4.69, 9.17) is 20.2 Å². The van der Waals surface area contributed by atoms with Crippen LogP contribution in [0.25, 0.3) is 21.6 Å². The molecule has 0 aliphatic rings. The van der Waals surface area contributed by atoms with Crippen LogP contribution in [0.3, 0.4) is 0 Å². The Morgan fingerprint density at radius 3 is 2.30 bits per heavy atom. The molecule has 8 heteroatoms. The summed E-state index contributed by atoms with van der Waals surface area (Å²) in [5, 5.41) is 2.49. The van der Waals surface area contributed by atoms with Crippen LogP contribution in [-0.2, 0) is 9.05 Å². The molecule has 0 unspecified atom stereocenters. The van der Waals surface area contributed by atoms with Crippen LogP contribution in [0.1, 0.15) is 11.1 Å². The lowest BCUT2D eigenvalue weighted by Gasteiger charge is -2.12. The van der Waals surface area contributed by atoms with Crippen LogP contribution in [0.2, 0.25) is 0 Å². The third-order valence-corrected chi connectivity index (χ3v) is 6.00. The van der Waals surface area contributed by atoms with Crippen LogP contribution >= 0.6 is 22.0 Å². The van der Waals surface area contributed by atoms with Crippen molar-refractivity contribution in [3.05, 3.63) is 65.2 Å². The van der Waals surface area contributed by atoms with Gasteiger partial charge in [-0.15, -0.1) is 11.3 Å². The monoisotopic (exact) mass is 421 g/mol. The predicted octanol–water partition coefficient (Wildman–Crippen LogP) is 4.89. The van der Waals surface area contributed by atoms with Crippen molar-refractivity contribution < 1.29 is 17.9 Å². The Kier molecular flexibility index (Phi) is 5.84. The second-order valence-electron chi connectivity index (χ2n) is 5.47. The zero-order valence-corrected chi connectivity index (χ0v) is 16.9. The molecule has 2 aromatic carbocycles. The van der Waals surface area contributed by atoms with Gasteiger partial charge in [0, 0.05) is 33.4 Å². The molecule has 0 saturated carbocycles. The number of rotatable bonds is 6. The van der Waals surface area contributed by atoms with Crippen molar-refractivity contribution in [1.29, 1.82) is 0 Å². The van der Waals surface area contributed by atoms with Gasteiger partial charge in [-0.3, -0.25) is 0 Å². The highest BCUT2D eigenvalue weighted by Gasteiger charge is 2.22. The fourth-order valence-electron chi connectivity index (χ4n) is 2.53. The smallest absolute Gasteiger partial charge is 0.261 e. The Hall–Kier alpha value is -2.35. The molecule has 0 radical (unpaired) electrons. The zero-order valence-electron chi connectivity index (χ0n) is 14.5. The van der Waals surface area contributed by atoms with Gasteiger partial charge >= 0.3 is 0 Å². The summed E-state index contributed by atoms with van der Waals surface area (Å²) in [4.78, 5) is 4.29. The van der Waals surface area contributed by atoms with Crippen LogP contribution in [0.15, 0.2) is 54.0 Å². The maximum atomic E-state index is 12.4. The number of hydrogen-bond acceptors (Lipinski definition) is 6. The first-order valence-corrected chi connectivity index (χ1v) is 11.0. The first-order valence-electron chi connectivity index (χ1n) is 7.81. The average molecular weight is 422 g/mol. The molecule has 3 rings (SSSR count). The summed E-state index contributed by atoms with van der Waals surface area (Å²) in [5.41, 5.74) is 1.76. The van der Waals surface area contributed by atoms with E-state index >= 15 is 0 Å². The standard InChI is InChI=1S/C19H16ClNO4S2/c1-24-14-5-3-13(4-6-14)11-18(27(20,22)23)16-8-7-15(25-2)12-17(16)19-21-9-10-26-19/h3-12H,1-2H3. The van der Waals surface area contributed by atoms with Crippen molar-refractivity contribution in [1.82, 2.24) is 4.98 Å². The van der Waals surface area contributed by atoms with Gasteiger partial charge in [-0.1, -0.05) is 12.1 Å². The highest BCUT2D eigenvalue weighted by molar-refractivity contribution is 8.21. The van der Waals surface area contributed by atoms with E-state index in [-0.39, 0.29) is 4.91 Å². The molecule has 1 aromatic heterocycles. The maximum absolute atomic E-state index is 12.4. The Labute approximate surface area is 166 Å². The van der Waals surface area contributed by atoms with Gasteiger partial charge in [-0.25, -0.2) is 13.4 Å². The largest absolute Gasteiger partial charge is 0.497 e. The summed E-state index contributed by atoms with van der Waals surface area (Å²) in [7, 11) is 4.87. The SMILES string of the molecule is COc1ccc(C=C(c2ccc(OC)cc2-c2nccs2)S(=O)(=O)Cl)cc1. The lowest BCUT2D eigenvalue weighted by atomic mass is 10.0. The van der Waals surface area contributed by atoms with Crippen LogP contribution in [0, 0.1) is 0 Å². The second-order valence-corrected chi connectivity index (χ2v) is 8.90. The van der Waals surface area contributed by atoms with Gasteiger partial charge in [0.05, 0.1) is 19.1 Å². The third kappa shape index (κ3) is 4.50. The lowest BCUT2D eigenvalue weighted by Crippen LogP contribution is -1.98. The molecule has 0 aliphatic carbocycles. The number of nitrogens with zero attached hydrogens (tertiary/aromatic N) is 1. The molecule has 140 valence electrons. The van der Waals surface area contributed by atoms with E-state index in [1.807, 2.05) is 5.38 Å². The Morgan fingerprint density at radius 2 is 1.74 bits per heavy atom. The molecule has 27 heavy (non-hydrogen) atoms. The minimum atomic E-state index is -4.03. The predicted molar refractivity (Wildman–Crippen MR) is 110 cm³/mol. The van der Waals surface area contributed by atoms with Gasteiger partial charge in [0.25, 0.3) is 9.05 Å². The van der Waals surface area contributed by atoms with Crippen molar-refractivity contribution in [3.8, 4) is 22.1 Å². The van der Waals surface area contributed by atoms with E-state index in [9.17, 15) is 8.42 Å². The minimum absolute atomic E-state index is 0.0119. The van der Waals surface area contributed by atoms with Gasteiger partial charge < -0.3 is 9.47 Å². The Balaban J connectivity index is 2.20. The van der Waals surface area contributed by atoms with Gasteiger partial charge in [0.2, 0.25) is 0 Å². The summed E-state index contributed by atoms with van der Waals surface area (Å²) in [6.45, 7) is 0. The van der Waals surface area contributed by atoms with E-state index in [0.29, 0.717) is 33.2 Å². The molecule has 0 fully saturated rings. The first-order chi connectivity index (χ1) is 12.9. The van der Waals surface area contributed by atoms with E-state index < -0.39 is 9.05 Å². The van der Waals surface area contributed by atoms with Crippen LogP contribution < -0.4 is 9.47 Å². The number of methoxy groups -OCH3 is 2. The van der Waals surface area contributed by atoms with E-state index in [1.165, 1.54) is 17.4 Å². The molecule has 0 atom stereocenters. The molecule has 1 heterocycles. The van der Waals surface area contributed by atoms with Crippen LogP contribution in [0.4, 0.5) is 0 Å².